The Bertz CT molecular complexity index is 573. The van der Waals surface area contributed by atoms with Crippen LogP contribution in [0.1, 0.15) is 16.5 Å². The maximum absolute atomic E-state index is 10.9. The largest absolute Gasteiger partial charge is 0.272 e. The summed E-state index contributed by atoms with van der Waals surface area (Å²) in [4.78, 5) is 10.5. The van der Waals surface area contributed by atoms with Crippen molar-refractivity contribution in [2.45, 2.75) is 11.8 Å². The highest BCUT2D eigenvalue weighted by atomic mass is 79.9. The first-order chi connectivity index (χ1) is 8.58. The Balaban J connectivity index is 2.21. The molecule has 0 spiro atoms. The molecule has 0 fully saturated rings. The van der Waals surface area contributed by atoms with Crippen molar-refractivity contribution in [1.29, 1.82) is 0 Å². The predicted molar refractivity (Wildman–Crippen MR) is 77.4 cm³/mol. The van der Waals surface area contributed by atoms with Gasteiger partial charge in [-0.05, 0) is 39.4 Å². The Morgan fingerprint density at radius 3 is 2.78 bits per heavy atom. The fourth-order valence-corrected chi connectivity index (χ4v) is 3.26. The molecule has 0 amide bonds. The Hall–Kier alpha value is -0.910. The zero-order chi connectivity index (χ0) is 13.1. The fourth-order valence-electron chi connectivity index (χ4n) is 1.66. The molecule has 0 aliphatic carbocycles. The molecule has 0 bridgehead atoms. The van der Waals surface area contributed by atoms with Crippen molar-refractivity contribution in [3.63, 3.8) is 0 Å². The Labute approximate surface area is 122 Å². The van der Waals surface area contributed by atoms with Crippen molar-refractivity contribution in [1.82, 2.24) is 0 Å². The number of nitro groups is 1. The van der Waals surface area contributed by atoms with Crippen LogP contribution in [0.25, 0.3) is 0 Å². The lowest BCUT2D eigenvalue weighted by molar-refractivity contribution is -0.385. The highest BCUT2D eigenvalue weighted by molar-refractivity contribution is 9.11. The summed E-state index contributed by atoms with van der Waals surface area (Å²) in [6.07, 6.45) is 0.446. The Kier molecular flexibility index (Phi) is 4.37. The van der Waals surface area contributed by atoms with E-state index in [0.29, 0.717) is 12.0 Å². The smallest absolute Gasteiger partial charge is 0.258 e. The van der Waals surface area contributed by atoms with Gasteiger partial charge in [-0.15, -0.1) is 22.9 Å². The summed E-state index contributed by atoms with van der Waals surface area (Å²) >= 11 is 11.2. The molecule has 1 atom stereocenters. The van der Waals surface area contributed by atoms with Gasteiger partial charge >= 0.3 is 0 Å². The molecule has 0 saturated heterocycles. The average molecular weight is 347 g/mol. The molecule has 2 aromatic rings. The first kappa shape index (κ1) is 13.5. The topological polar surface area (TPSA) is 43.1 Å². The van der Waals surface area contributed by atoms with Crippen molar-refractivity contribution in [2.75, 3.05) is 0 Å². The molecule has 1 aromatic carbocycles. The molecule has 1 aromatic heterocycles. The second-order valence-electron chi connectivity index (χ2n) is 3.74. The summed E-state index contributed by atoms with van der Waals surface area (Å²) in [6.45, 7) is 0. The number of benzene rings is 1. The highest BCUT2D eigenvalue weighted by Crippen LogP contribution is 2.33. The van der Waals surface area contributed by atoms with Gasteiger partial charge < -0.3 is 0 Å². The van der Waals surface area contributed by atoms with Crippen LogP contribution in [-0.2, 0) is 6.42 Å². The molecule has 0 radical (unpaired) electrons. The van der Waals surface area contributed by atoms with Crippen molar-refractivity contribution in [2.24, 2.45) is 0 Å². The van der Waals surface area contributed by atoms with Gasteiger partial charge in [0.2, 0.25) is 0 Å². The quantitative estimate of drug-likeness (QED) is 0.447. The molecular weight excluding hydrogens is 338 g/mol. The summed E-state index contributed by atoms with van der Waals surface area (Å²) in [5.41, 5.74) is 1.76. The number of halogens is 2. The number of nitrogens with zero attached hydrogens (tertiary/aromatic N) is 1. The summed E-state index contributed by atoms with van der Waals surface area (Å²) in [7, 11) is 0. The van der Waals surface area contributed by atoms with Gasteiger partial charge in [0.1, 0.15) is 0 Å². The van der Waals surface area contributed by atoms with Crippen molar-refractivity contribution in [3.8, 4) is 0 Å². The summed E-state index contributed by atoms with van der Waals surface area (Å²) in [6, 6.07) is 8.63. The molecule has 3 nitrogen and oxygen atoms in total. The van der Waals surface area contributed by atoms with Gasteiger partial charge in [0.25, 0.3) is 5.69 Å². The predicted octanol–water partition coefficient (Wildman–Crippen LogP) is 4.94. The molecule has 6 heteroatoms. The molecule has 18 heavy (non-hydrogen) atoms. The van der Waals surface area contributed by atoms with Crippen LogP contribution in [-0.4, -0.2) is 4.92 Å². The normalized spacial score (nSPS) is 12.3. The Morgan fingerprint density at radius 1 is 1.44 bits per heavy atom. The molecule has 2 rings (SSSR count). The third-order valence-corrected chi connectivity index (χ3v) is 4.47. The van der Waals surface area contributed by atoms with Gasteiger partial charge in [0.15, 0.2) is 0 Å². The highest BCUT2D eigenvalue weighted by Gasteiger charge is 2.17. The summed E-state index contributed by atoms with van der Waals surface area (Å²) < 4.78 is 1.01. The maximum Gasteiger partial charge on any atom is 0.272 e. The fraction of sp³-hybridized carbons (Fsp3) is 0.167. The van der Waals surface area contributed by atoms with Gasteiger partial charge in [0, 0.05) is 11.6 Å². The summed E-state index contributed by atoms with van der Waals surface area (Å²) in [5, 5.41) is 12.6. The van der Waals surface area contributed by atoms with Crippen LogP contribution in [0.2, 0.25) is 0 Å². The number of nitro benzene ring substituents is 1. The minimum absolute atomic E-state index is 0.123. The minimum atomic E-state index is -0.373. The molecule has 0 aliphatic rings. The van der Waals surface area contributed by atoms with Gasteiger partial charge in [0.05, 0.1) is 14.1 Å². The molecule has 0 aliphatic heterocycles. The van der Waals surface area contributed by atoms with Crippen molar-refractivity contribution in [3.05, 3.63) is 60.7 Å². The standard InChI is InChI=1S/C12H9BrClNO2S/c13-12-6-9(7-18-12)10(14)5-8-3-1-2-4-11(8)15(16)17/h1-4,6-7,10H,5H2. The molecule has 0 N–H and O–H groups in total. The number of hydrogen-bond acceptors (Lipinski definition) is 3. The third-order valence-electron chi connectivity index (χ3n) is 2.54. The van der Waals surface area contributed by atoms with E-state index in [1.807, 2.05) is 11.4 Å². The number of rotatable bonds is 4. The first-order valence-corrected chi connectivity index (χ1v) is 7.29. The van der Waals surface area contributed by atoms with Gasteiger partial charge in [-0.3, -0.25) is 10.1 Å². The van der Waals surface area contributed by atoms with E-state index in [9.17, 15) is 10.1 Å². The number of para-hydroxylation sites is 1. The van der Waals surface area contributed by atoms with Crippen LogP contribution in [0.3, 0.4) is 0 Å². The minimum Gasteiger partial charge on any atom is -0.258 e. The number of thiophene rings is 1. The maximum atomic E-state index is 10.9. The van der Waals surface area contributed by atoms with Gasteiger partial charge in [-0.2, -0.15) is 0 Å². The van der Waals surface area contributed by atoms with E-state index in [1.165, 1.54) is 6.07 Å². The van der Waals surface area contributed by atoms with E-state index >= 15 is 0 Å². The van der Waals surface area contributed by atoms with E-state index < -0.39 is 0 Å². The van der Waals surface area contributed by atoms with Crippen LogP contribution in [0, 0.1) is 10.1 Å². The van der Waals surface area contributed by atoms with E-state index in [1.54, 1.807) is 29.5 Å². The van der Waals surface area contributed by atoms with Gasteiger partial charge in [-0.25, -0.2) is 0 Å². The third kappa shape index (κ3) is 3.10. The first-order valence-electron chi connectivity index (χ1n) is 5.18. The zero-order valence-corrected chi connectivity index (χ0v) is 12.3. The lowest BCUT2D eigenvalue weighted by Gasteiger charge is -2.07. The van der Waals surface area contributed by atoms with Crippen LogP contribution in [0.5, 0.6) is 0 Å². The molecule has 94 valence electrons. The van der Waals surface area contributed by atoms with E-state index in [4.69, 9.17) is 11.6 Å². The van der Waals surface area contributed by atoms with Crippen LogP contribution in [0.4, 0.5) is 5.69 Å². The van der Waals surface area contributed by atoms with E-state index in [2.05, 4.69) is 15.9 Å². The lowest BCUT2D eigenvalue weighted by atomic mass is 10.0. The average Bonchev–Trinajstić information content (AvgIpc) is 2.76. The number of hydrogen-bond donors (Lipinski definition) is 0. The lowest BCUT2D eigenvalue weighted by Crippen LogP contribution is -1.99. The monoisotopic (exact) mass is 345 g/mol. The van der Waals surface area contributed by atoms with Crippen LogP contribution >= 0.6 is 38.9 Å². The van der Waals surface area contributed by atoms with E-state index in [0.717, 1.165) is 9.35 Å². The SMILES string of the molecule is O=[N+]([O-])c1ccccc1CC(Cl)c1csc(Br)c1. The summed E-state index contributed by atoms with van der Waals surface area (Å²) in [5.74, 6) is 0. The Morgan fingerprint density at radius 2 is 2.17 bits per heavy atom. The number of alkyl halides is 1. The second kappa shape index (κ2) is 5.82. The van der Waals surface area contributed by atoms with E-state index in [-0.39, 0.29) is 16.0 Å². The second-order valence-corrected chi connectivity index (χ2v) is 6.56. The molecule has 0 saturated carbocycles. The van der Waals surface area contributed by atoms with Crippen molar-refractivity contribution < 1.29 is 4.92 Å². The zero-order valence-electron chi connectivity index (χ0n) is 9.18. The molecular formula is C12H9BrClNO2S. The van der Waals surface area contributed by atoms with Crippen molar-refractivity contribution >= 4 is 44.6 Å². The van der Waals surface area contributed by atoms with Crippen LogP contribution < -0.4 is 0 Å². The molecule has 1 heterocycles. The van der Waals surface area contributed by atoms with Crippen LogP contribution in [0.15, 0.2) is 39.5 Å². The van der Waals surface area contributed by atoms with Gasteiger partial charge in [-0.1, -0.05) is 18.2 Å². The molecule has 1 unspecified atom stereocenters.